The van der Waals surface area contributed by atoms with Gasteiger partial charge in [-0.1, -0.05) is 20.8 Å². The maximum absolute atomic E-state index is 14.2. The maximum Gasteiger partial charge on any atom is 0.311 e. The van der Waals surface area contributed by atoms with E-state index in [4.69, 9.17) is 28.4 Å². The number of carbonyl (C=O) groups is 1. The average molecular weight is 749 g/mol. The van der Waals surface area contributed by atoms with Crippen molar-refractivity contribution in [1.82, 2.24) is 9.80 Å². The molecule has 3 aliphatic rings. The van der Waals surface area contributed by atoms with Crippen LogP contribution in [0.15, 0.2) is 0 Å². The minimum Gasteiger partial charge on any atom is -0.459 e. The van der Waals surface area contributed by atoms with Gasteiger partial charge in [-0.3, -0.25) is 4.79 Å². The van der Waals surface area contributed by atoms with Gasteiger partial charge in [0, 0.05) is 38.1 Å². The van der Waals surface area contributed by atoms with Crippen molar-refractivity contribution in [1.29, 1.82) is 0 Å². The fraction of sp³-hybridized carbons (Fsp3) is 0.974. The van der Waals surface area contributed by atoms with Gasteiger partial charge in [0.25, 0.3) is 0 Å². The number of hydrogen-bond donors (Lipinski definition) is 5. The molecule has 3 fully saturated rings. The van der Waals surface area contributed by atoms with E-state index in [9.17, 15) is 30.3 Å². The lowest BCUT2D eigenvalue weighted by atomic mass is 9.77. The summed E-state index contributed by atoms with van der Waals surface area (Å²) in [4.78, 5) is 18.0. The van der Waals surface area contributed by atoms with E-state index < -0.39 is 96.0 Å². The van der Waals surface area contributed by atoms with Crippen molar-refractivity contribution >= 4 is 5.97 Å². The summed E-state index contributed by atoms with van der Waals surface area (Å²) >= 11 is 0. The molecule has 306 valence electrons. The van der Waals surface area contributed by atoms with Crippen LogP contribution in [0.25, 0.3) is 0 Å². The van der Waals surface area contributed by atoms with Gasteiger partial charge in [0.2, 0.25) is 0 Å². The third kappa shape index (κ3) is 10.0. The molecule has 18 atom stereocenters. The number of likely N-dealkylation sites (N-methyl/N-ethyl adjacent to an activating group) is 2. The number of nitrogens with zero attached hydrogens (tertiary/aromatic N) is 2. The highest BCUT2D eigenvalue weighted by Crippen LogP contribution is 2.40. The van der Waals surface area contributed by atoms with Gasteiger partial charge in [-0.2, -0.15) is 0 Å². The van der Waals surface area contributed by atoms with Crippen LogP contribution >= 0.6 is 0 Å². The van der Waals surface area contributed by atoms with E-state index in [1.165, 1.54) is 14.0 Å². The lowest BCUT2D eigenvalue weighted by molar-refractivity contribution is -0.318. The van der Waals surface area contributed by atoms with Crippen molar-refractivity contribution in [3.8, 4) is 0 Å². The normalized spacial score (nSPS) is 49.6. The van der Waals surface area contributed by atoms with Crippen molar-refractivity contribution < 1.29 is 58.7 Å². The van der Waals surface area contributed by atoms with Crippen molar-refractivity contribution in [3.63, 3.8) is 0 Å². The molecule has 0 amide bonds. The zero-order valence-corrected chi connectivity index (χ0v) is 34.2. The average Bonchev–Trinajstić information content (AvgIpc) is 3.05. The monoisotopic (exact) mass is 749 g/mol. The second kappa shape index (κ2) is 17.8. The molecule has 3 aliphatic heterocycles. The molecular weight excluding hydrogens is 676 g/mol. The molecule has 5 N–H and O–H groups in total. The number of hydrogen-bond acceptors (Lipinski definition) is 14. The van der Waals surface area contributed by atoms with Crippen LogP contribution in [-0.2, 0) is 33.2 Å². The molecule has 3 heterocycles. The molecule has 52 heavy (non-hydrogen) atoms. The predicted octanol–water partition coefficient (Wildman–Crippen LogP) is 1.90. The van der Waals surface area contributed by atoms with Gasteiger partial charge in [0.05, 0.1) is 41.5 Å². The number of aliphatic hydroxyl groups is 5. The van der Waals surface area contributed by atoms with Gasteiger partial charge in [-0.05, 0) is 94.8 Å². The van der Waals surface area contributed by atoms with Crippen LogP contribution in [0.1, 0.15) is 94.9 Å². The quantitative estimate of drug-likeness (QED) is 0.238. The van der Waals surface area contributed by atoms with Gasteiger partial charge >= 0.3 is 5.97 Å². The minimum absolute atomic E-state index is 0.133. The summed E-state index contributed by atoms with van der Waals surface area (Å²) in [5.41, 5.74) is -4.37. The van der Waals surface area contributed by atoms with E-state index >= 15 is 0 Å². The van der Waals surface area contributed by atoms with Crippen LogP contribution in [0.4, 0.5) is 0 Å². The molecule has 14 nitrogen and oxygen atoms in total. The Hall–Kier alpha value is -1.01. The minimum atomic E-state index is -1.80. The van der Waals surface area contributed by atoms with Crippen LogP contribution in [0, 0.1) is 17.8 Å². The van der Waals surface area contributed by atoms with Crippen LogP contribution < -0.4 is 0 Å². The van der Waals surface area contributed by atoms with Crippen LogP contribution in [0.3, 0.4) is 0 Å². The summed E-state index contributed by atoms with van der Waals surface area (Å²) in [5.74, 6) is -2.58. The first-order valence-electron chi connectivity index (χ1n) is 19.1. The first-order chi connectivity index (χ1) is 23.9. The predicted molar refractivity (Wildman–Crippen MR) is 194 cm³/mol. The maximum atomic E-state index is 14.2. The molecule has 0 aromatic rings. The summed E-state index contributed by atoms with van der Waals surface area (Å²) in [6.07, 6.45) is -8.19. The molecule has 0 unspecified atom stereocenters. The van der Waals surface area contributed by atoms with E-state index in [0.717, 1.165) is 0 Å². The Labute approximate surface area is 312 Å². The summed E-state index contributed by atoms with van der Waals surface area (Å²) in [6.45, 7) is 18.0. The van der Waals surface area contributed by atoms with Gasteiger partial charge in [0.15, 0.2) is 12.6 Å². The Kier molecular flexibility index (Phi) is 15.6. The molecule has 0 aliphatic carbocycles. The molecule has 14 heteroatoms. The first-order valence-corrected chi connectivity index (χ1v) is 19.1. The topological polar surface area (TPSA) is 180 Å². The lowest BCUT2D eigenvalue weighted by Crippen LogP contribution is -2.60. The summed E-state index contributed by atoms with van der Waals surface area (Å²) in [7, 11) is 7.12. The molecular formula is C38H72N2O12. The number of esters is 1. The summed E-state index contributed by atoms with van der Waals surface area (Å²) < 4.78 is 37.5. The third-order valence-corrected chi connectivity index (χ3v) is 12.2. The Bertz CT molecular complexity index is 1140. The van der Waals surface area contributed by atoms with Crippen molar-refractivity contribution in [3.05, 3.63) is 0 Å². The van der Waals surface area contributed by atoms with Crippen molar-refractivity contribution in [2.24, 2.45) is 17.8 Å². The second-order valence-electron chi connectivity index (χ2n) is 17.2. The Balaban J connectivity index is 2.17. The third-order valence-electron chi connectivity index (χ3n) is 12.2. The summed E-state index contributed by atoms with van der Waals surface area (Å²) in [5, 5.41) is 58.1. The van der Waals surface area contributed by atoms with Crippen LogP contribution in [-0.4, -0.2) is 166 Å². The van der Waals surface area contributed by atoms with Gasteiger partial charge in [0.1, 0.15) is 30.0 Å². The molecule has 3 rings (SSSR count). The zero-order chi connectivity index (χ0) is 39.7. The van der Waals surface area contributed by atoms with Crippen molar-refractivity contribution in [2.45, 2.75) is 185 Å². The number of ether oxygens (including phenoxy) is 6. The number of methoxy groups -OCH3 is 1. The highest BCUT2D eigenvalue weighted by molar-refractivity contribution is 5.73. The fourth-order valence-corrected chi connectivity index (χ4v) is 8.74. The van der Waals surface area contributed by atoms with Gasteiger partial charge < -0.3 is 63.8 Å². The smallest absolute Gasteiger partial charge is 0.311 e. The van der Waals surface area contributed by atoms with Crippen LogP contribution in [0.5, 0.6) is 0 Å². The first kappa shape index (κ1) is 45.4. The molecule has 0 spiro atoms. The van der Waals surface area contributed by atoms with Crippen molar-refractivity contribution in [2.75, 3.05) is 34.8 Å². The highest BCUT2D eigenvalue weighted by atomic mass is 16.7. The Morgan fingerprint density at radius 2 is 1.56 bits per heavy atom. The molecule has 3 saturated heterocycles. The van der Waals surface area contributed by atoms with Gasteiger partial charge in [-0.15, -0.1) is 0 Å². The standard InChI is InChI=1S/C38H72N2O12/c1-15-27-38(10,46)31(42)24(6)40(13)19-20(2)17-36(8,45)33(52-35-29(41)26(39(11)12)16-21(3)48-35)22(4)30(23(5)34(44)50-27)51-28-18-37(9,47-14)32(43)25(7)49-28/h20-33,35,41-43,45-46H,15-19H2,1-14H3/t20-,21+,22+,23-,24-,25+,26-,27-,28+,29+,30+,31+,32+,33+,35-,36-,37+,38-/m1/s1. The SMILES string of the molecule is CC[C@H]1OC(=O)[C@H](C)[C@@H](O[C@H]2C[C@](C)(OC)[C@@H](O)[C@H](C)O2)[C@H](C)[C@H](O[C@H]2O[C@@H](C)C[C@@H](N(C)C)[C@@H]2O)[C@](C)(O)C[C@@H](C)CN(C)[C@H](C)[C@H](O)[C@]1(C)O. The largest absolute Gasteiger partial charge is 0.459 e. The fourth-order valence-electron chi connectivity index (χ4n) is 8.74. The number of rotatable bonds is 7. The number of cyclic esters (lactones) is 1. The summed E-state index contributed by atoms with van der Waals surface area (Å²) in [6, 6.07) is -0.808. The van der Waals surface area contributed by atoms with E-state index in [1.54, 1.807) is 41.5 Å². The Morgan fingerprint density at radius 3 is 2.12 bits per heavy atom. The van der Waals surface area contributed by atoms with Crippen LogP contribution in [0.2, 0.25) is 0 Å². The Morgan fingerprint density at radius 1 is 0.942 bits per heavy atom. The highest BCUT2D eigenvalue weighted by Gasteiger charge is 2.52. The lowest BCUT2D eigenvalue weighted by Gasteiger charge is -2.48. The van der Waals surface area contributed by atoms with E-state index in [2.05, 4.69) is 0 Å². The van der Waals surface area contributed by atoms with E-state index in [0.29, 0.717) is 13.0 Å². The zero-order valence-electron chi connectivity index (χ0n) is 34.2. The molecule has 0 aromatic heterocycles. The van der Waals surface area contributed by atoms with E-state index in [1.807, 2.05) is 51.7 Å². The second-order valence-corrected chi connectivity index (χ2v) is 17.2. The number of aliphatic hydroxyl groups excluding tert-OH is 3. The molecule has 0 bridgehead atoms. The van der Waals surface area contributed by atoms with Gasteiger partial charge in [-0.25, -0.2) is 0 Å². The molecule has 0 saturated carbocycles. The number of carbonyl (C=O) groups excluding carboxylic acids is 1. The van der Waals surface area contributed by atoms with E-state index in [-0.39, 0.29) is 37.3 Å². The molecule has 0 aromatic carbocycles. The molecule has 0 radical (unpaired) electrons.